The van der Waals surface area contributed by atoms with Gasteiger partial charge < -0.3 is 10.2 Å². The molecule has 0 radical (unpaired) electrons. The lowest BCUT2D eigenvalue weighted by Crippen LogP contribution is -2.30. The molecule has 0 aliphatic carbocycles. The van der Waals surface area contributed by atoms with E-state index in [2.05, 4.69) is 37.9 Å². The highest BCUT2D eigenvalue weighted by molar-refractivity contribution is 6.30. The number of anilines is 1. The zero-order valence-corrected chi connectivity index (χ0v) is 20.5. The average Bonchev–Trinajstić information content (AvgIpc) is 3.19. The summed E-state index contributed by atoms with van der Waals surface area (Å²) in [4.78, 5) is 26.3. The Morgan fingerprint density at radius 3 is 2.64 bits per heavy atom. The first-order valence-corrected chi connectivity index (χ1v) is 12.0. The van der Waals surface area contributed by atoms with Crippen LogP contribution in [0.3, 0.4) is 0 Å². The van der Waals surface area contributed by atoms with Gasteiger partial charge in [0.1, 0.15) is 0 Å². The van der Waals surface area contributed by atoms with Gasteiger partial charge in [-0.05, 0) is 86.2 Å². The van der Waals surface area contributed by atoms with E-state index in [-0.39, 0.29) is 17.6 Å². The van der Waals surface area contributed by atoms with Crippen molar-refractivity contribution in [3.05, 3.63) is 82.5 Å². The summed E-state index contributed by atoms with van der Waals surface area (Å²) in [7, 11) is 0. The standard InChI is InChI=1S/C28H33ClN2O2/c1-5-6-7-23(27-18-24(29)11-8-19(27)2)14-16-30-20(3)26-15-17-31(28(26)33)25-12-9-22(10-13-25)21(4)32/h7-13,18,26,30H,3,5-6,14-17H2,1-2,4H3/b23-7-. The number of rotatable bonds is 10. The summed E-state index contributed by atoms with van der Waals surface area (Å²) in [6, 6.07) is 13.2. The van der Waals surface area contributed by atoms with Crippen molar-refractivity contribution in [1.82, 2.24) is 5.32 Å². The Bertz CT molecular complexity index is 1060. The number of hydrogen-bond donors (Lipinski definition) is 1. The Morgan fingerprint density at radius 1 is 1.24 bits per heavy atom. The Kier molecular flexibility index (Phi) is 8.51. The normalized spacial score (nSPS) is 16.2. The predicted octanol–water partition coefficient (Wildman–Crippen LogP) is 6.58. The molecule has 1 saturated heterocycles. The molecule has 0 aromatic heterocycles. The molecule has 0 bridgehead atoms. The molecule has 1 fully saturated rings. The molecular weight excluding hydrogens is 432 g/mol. The van der Waals surface area contributed by atoms with Crippen molar-refractivity contribution in [2.24, 2.45) is 5.92 Å². The van der Waals surface area contributed by atoms with Gasteiger partial charge >= 0.3 is 0 Å². The zero-order chi connectivity index (χ0) is 24.0. The maximum Gasteiger partial charge on any atom is 0.236 e. The summed E-state index contributed by atoms with van der Waals surface area (Å²) < 4.78 is 0. The van der Waals surface area contributed by atoms with Gasteiger partial charge in [0, 0.05) is 35.1 Å². The summed E-state index contributed by atoms with van der Waals surface area (Å²) in [6.45, 7) is 11.3. The van der Waals surface area contributed by atoms with Gasteiger partial charge in [-0.2, -0.15) is 0 Å². The van der Waals surface area contributed by atoms with Gasteiger partial charge in [0.15, 0.2) is 5.78 Å². The number of halogens is 1. The SMILES string of the molecule is C=C(NCC/C(=C/CCC)c1cc(Cl)ccc1C)C1CCN(c2ccc(C(C)=O)cc2)C1=O. The van der Waals surface area contributed by atoms with Gasteiger partial charge in [-0.3, -0.25) is 9.59 Å². The van der Waals surface area contributed by atoms with E-state index in [1.54, 1.807) is 17.0 Å². The molecule has 2 aromatic rings. The zero-order valence-electron chi connectivity index (χ0n) is 19.8. The van der Waals surface area contributed by atoms with Crippen LogP contribution in [0.2, 0.25) is 5.02 Å². The maximum absolute atomic E-state index is 13.0. The first kappa shape index (κ1) is 24.8. The van der Waals surface area contributed by atoms with Crippen LogP contribution in [0, 0.1) is 12.8 Å². The van der Waals surface area contributed by atoms with E-state index in [0.717, 1.165) is 42.1 Å². The minimum absolute atomic E-state index is 0.0186. The van der Waals surface area contributed by atoms with Crippen molar-refractivity contribution >= 4 is 34.6 Å². The van der Waals surface area contributed by atoms with E-state index in [9.17, 15) is 9.59 Å². The molecule has 2 aromatic carbocycles. The van der Waals surface area contributed by atoms with Crippen LogP contribution >= 0.6 is 11.6 Å². The van der Waals surface area contributed by atoms with Crippen LogP contribution in [-0.2, 0) is 4.79 Å². The van der Waals surface area contributed by atoms with E-state index in [4.69, 9.17) is 11.6 Å². The van der Waals surface area contributed by atoms with Crippen LogP contribution in [-0.4, -0.2) is 24.8 Å². The van der Waals surface area contributed by atoms with E-state index >= 15 is 0 Å². The van der Waals surface area contributed by atoms with Crippen molar-refractivity contribution in [2.75, 3.05) is 18.0 Å². The second kappa shape index (κ2) is 11.3. The van der Waals surface area contributed by atoms with Crippen molar-refractivity contribution in [1.29, 1.82) is 0 Å². The van der Waals surface area contributed by atoms with E-state index in [1.807, 2.05) is 24.3 Å². The Labute approximate surface area is 202 Å². The number of ketones is 1. The fourth-order valence-electron chi connectivity index (χ4n) is 4.22. The molecule has 3 rings (SSSR count). The Morgan fingerprint density at radius 2 is 1.97 bits per heavy atom. The van der Waals surface area contributed by atoms with Gasteiger partial charge in [0.25, 0.3) is 0 Å². The lowest BCUT2D eigenvalue weighted by atomic mass is 9.96. The van der Waals surface area contributed by atoms with Crippen LogP contribution in [0.5, 0.6) is 0 Å². The minimum Gasteiger partial charge on any atom is -0.388 e. The lowest BCUT2D eigenvalue weighted by molar-refractivity contribution is -0.119. The molecule has 1 aliphatic rings. The Balaban J connectivity index is 1.61. The number of allylic oxidation sites excluding steroid dienone is 1. The second-order valence-corrected chi connectivity index (χ2v) is 9.05. The minimum atomic E-state index is -0.242. The summed E-state index contributed by atoms with van der Waals surface area (Å²) in [5.74, 6) is -0.172. The van der Waals surface area contributed by atoms with E-state index < -0.39 is 0 Å². The Hall–Kier alpha value is -2.85. The number of hydrogen-bond acceptors (Lipinski definition) is 3. The number of nitrogens with zero attached hydrogens (tertiary/aromatic N) is 1. The monoisotopic (exact) mass is 464 g/mol. The first-order chi connectivity index (χ1) is 15.8. The van der Waals surface area contributed by atoms with E-state index in [1.165, 1.54) is 23.6 Å². The third kappa shape index (κ3) is 6.14. The topological polar surface area (TPSA) is 49.4 Å². The highest BCUT2D eigenvalue weighted by atomic mass is 35.5. The number of benzene rings is 2. The average molecular weight is 465 g/mol. The number of nitrogens with one attached hydrogen (secondary N) is 1. The maximum atomic E-state index is 13.0. The van der Waals surface area contributed by atoms with Gasteiger partial charge in [-0.15, -0.1) is 0 Å². The van der Waals surface area contributed by atoms with Crippen LogP contribution in [0.1, 0.15) is 61.0 Å². The quantitative estimate of drug-likeness (QED) is 0.404. The first-order valence-electron chi connectivity index (χ1n) is 11.6. The number of unbranched alkanes of at least 4 members (excludes halogenated alkanes) is 1. The number of carbonyl (C=O) groups excluding carboxylic acids is 2. The third-order valence-corrected chi connectivity index (χ3v) is 6.42. The molecule has 4 nitrogen and oxygen atoms in total. The summed E-state index contributed by atoms with van der Waals surface area (Å²) in [5.41, 5.74) is 5.89. The molecule has 33 heavy (non-hydrogen) atoms. The molecule has 5 heteroatoms. The highest BCUT2D eigenvalue weighted by Gasteiger charge is 2.34. The molecule has 0 spiro atoms. The predicted molar refractivity (Wildman–Crippen MR) is 138 cm³/mol. The summed E-state index contributed by atoms with van der Waals surface area (Å²) >= 11 is 6.25. The number of aryl methyl sites for hydroxylation is 1. The smallest absolute Gasteiger partial charge is 0.236 e. The summed E-state index contributed by atoms with van der Waals surface area (Å²) in [5, 5.41) is 4.14. The van der Waals surface area contributed by atoms with Gasteiger partial charge in [-0.25, -0.2) is 0 Å². The fourth-order valence-corrected chi connectivity index (χ4v) is 4.39. The van der Waals surface area contributed by atoms with Crippen molar-refractivity contribution in [2.45, 2.75) is 46.5 Å². The molecule has 1 atom stereocenters. The molecule has 1 heterocycles. The molecular formula is C28H33ClN2O2. The van der Waals surface area contributed by atoms with Crippen molar-refractivity contribution < 1.29 is 9.59 Å². The fraction of sp³-hybridized carbons (Fsp3) is 0.357. The van der Waals surface area contributed by atoms with Crippen molar-refractivity contribution in [3.8, 4) is 0 Å². The number of amides is 1. The van der Waals surface area contributed by atoms with Crippen LogP contribution < -0.4 is 10.2 Å². The third-order valence-electron chi connectivity index (χ3n) is 6.18. The van der Waals surface area contributed by atoms with Crippen LogP contribution in [0.25, 0.3) is 5.57 Å². The molecule has 1 N–H and O–H groups in total. The number of Topliss-reactive ketones (excluding diaryl/α,β-unsaturated/α-hetero) is 1. The van der Waals surface area contributed by atoms with Crippen LogP contribution in [0.4, 0.5) is 5.69 Å². The lowest BCUT2D eigenvalue weighted by Gasteiger charge is -2.19. The summed E-state index contributed by atoms with van der Waals surface area (Å²) in [6.07, 6.45) is 5.95. The largest absolute Gasteiger partial charge is 0.388 e. The molecule has 1 unspecified atom stereocenters. The van der Waals surface area contributed by atoms with Crippen molar-refractivity contribution in [3.63, 3.8) is 0 Å². The highest BCUT2D eigenvalue weighted by Crippen LogP contribution is 2.29. The van der Waals surface area contributed by atoms with Gasteiger partial charge in [-0.1, -0.05) is 43.7 Å². The second-order valence-electron chi connectivity index (χ2n) is 8.61. The number of carbonyl (C=O) groups is 2. The van der Waals surface area contributed by atoms with E-state index in [0.29, 0.717) is 18.7 Å². The van der Waals surface area contributed by atoms with Gasteiger partial charge in [0.2, 0.25) is 5.91 Å². The van der Waals surface area contributed by atoms with Crippen LogP contribution in [0.15, 0.2) is 60.8 Å². The molecule has 0 saturated carbocycles. The van der Waals surface area contributed by atoms with Gasteiger partial charge in [0.05, 0.1) is 5.92 Å². The molecule has 174 valence electrons. The molecule has 1 aliphatic heterocycles. The molecule has 1 amide bonds.